The molecule has 1 aliphatic rings. The summed E-state index contributed by atoms with van der Waals surface area (Å²) in [6, 6.07) is 5.80. The topological polar surface area (TPSA) is 157 Å². The lowest BCUT2D eigenvalue weighted by Crippen LogP contribution is -2.40. The number of nitrogens with zero attached hydrogens (tertiary/aromatic N) is 4. The highest BCUT2D eigenvalue weighted by atomic mass is 32.1. The Morgan fingerprint density at radius 1 is 1.11 bits per heavy atom. The number of methoxy groups -OCH3 is 3. The molecule has 13 heteroatoms. The number of rotatable bonds is 10. The number of thiazole rings is 1. The molecule has 0 radical (unpaired) electrons. The van der Waals surface area contributed by atoms with Crippen LogP contribution in [0.4, 0.5) is 22.7 Å². The van der Waals surface area contributed by atoms with Gasteiger partial charge in [-0.3, -0.25) is 5.32 Å². The molecule has 0 saturated carbocycles. The monoisotopic (exact) mass is 529 g/mol. The summed E-state index contributed by atoms with van der Waals surface area (Å²) in [5.41, 5.74) is 7.42. The van der Waals surface area contributed by atoms with Gasteiger partial charge >= 0.3 is 5.97 Å². The third-order valence-electron chi connectivity index (χ3n) is 5.98. The molecule has 0 aliphatic carbocycles. The van der Waals surface area contributed by atoms with Gasteiger partial charge in [0, 0.05) is 31.7 Å². The van der Waals surface area contributed by atoms with E-state index in [9.17, 15) is 9.90 Å². The van der Waals surface area contributed by atoms with E-state index in [1.165, 1.54) is 0 Å². The van der Waals surface area contributed by atoms with E-state index in [0.717, 1.165) is 48.6 Å². The van der Waals surface area contributed by atoms with E-state index in [-0.39, 0.29) is 10.9 Å². The van der Waals surface area contributed by atoms with Gasteiger partial charge in [0.25, 0.3) is 0 Å². The van der Waals surface area contributed by atoms with E-state index in [1.807, 2.05) is 18.2 Å². The number of piperidine rings is 1. The van der Waals surface area contributed by atoms with Crippen molar-refractivity contribution >= 4 is 40.0 Å². The number of benzene rings is 1. The van der Waals surface area contributed by atoms with Gasteiger partial charge in [0.05, 0.1) is 27.0 Å². The molecule has 37 heavy (non-hydrogen) atoms. The van der Waals surface area contributed by atoms with Crippen molar-refractivity contribution in [2.75, 3.05) is 50.0 Å². The van der Waals surface area contributed by atoms with Gasteiger partial charge in [0.15, 0.2) is 16.6 Å². The smallest absolute Gasteiger partial charge is 0.347 e. The summed E-state index contributed by atoms with van der Waals surface area (Å²) < 4.78 is 16.3. The average molecular weight is 530 g/mol. The zero-order chi connectivity index (χ0) is 26.5. The molecule has 3 heterocycles. The van der Waals surface area contributed by atoms with E-state index in [4.69, 9.17) is 19.9 Å². The van der Waals surface area contributed by atoms with Gasteiger partial charge in [0.2, 0.25) is 11.7 Å². The number of carboxylic acids is 1. The molecular formula is C24H31N7O5S. The third kappa shape index (κ3) is 6.12. The number of aromatic carboxylic acids is 1. The van der Waals surface area contributed by atoms with Crippen molar-refractivity contribution in [2.24, 2.45) is 5.73 Å². The molecule has 1 fully saturated rings. The molecular weight excluding hydrogens is 498 g/mol. The maximum Gasteiger partial charge on any atom is 0.347 e. The molecule has 0 unspecified atom stereocenters. The van der Waals surface area contributed by atoms with Gasteiger partial charge in [-0.2, -0.15) is 9.97 Å². The fourth-order valence-corrected chi connectivity index (χ4v) is 4.84. The van der Waals surface area contributed by atoms with E-state index >= 15 is 0 Å². The molecule has 1 aromatic carbocycles. The average Bonchev–Trinajstić information content (AvgIpc) is 3.26. The lowest BCUT2D eigenvalue weighted by atomic mass is 10.1. The fourth-order valence-electron chi connectivity index (χ4n) is 4.05. The van der Waals surface area contributed by atoms with Crippen LogP contribution in [0.25, 0.3) is 0 Å². The molecule has 2 aromatic heterocycles. The first kappa shape index (κ1) is 26.2. The van der Waals surface area contributed by atoms with Crippen molar-refractivity contribution < 1.29 is 24.1 Å². The lowest BCUT2D eigenvalue weighted by molar-refractivity contribution is 0.0701. The normalized spacial score (nSPS) is 13.8. The minimum Gasteiger partial charge on any atom is -0.493 e. The summed E-state index contributed by atoms with van der Waals surface area (Å²) in [6.45, 7) is 3.65. The quantitative estimate of drug-likeness (QED) is 0.304. The Hall–Kier alpha value is -3.84. The van der Waals surface area contributed by atoms with E-state index in [2.05, 4.69) is 30.5 Å². The second kappa shape index (κ2) is 11.5. The number of hydrogen-bond acceptors (Lipinski definition) is 12. The Kier molecular flexibility index (Phi) is 8.14. The molecule has 3 aromatic rings. The highest BCUT2D eigenvalue weighted by molar-refractivity contribution is 7.17. The highest BCUT2D eigenvalue weighted by Gasteiger charge is 2.20. The maximum atomic E-state index is 11.4. The van der Waals surface area contributed by atoms with Gasteiger partial charge in [-0.1, -0.05) is 11.3 Å². The Morgan fingerprint density at radius 2 is 1.78 bits per heavy atom. The predicted molar refractivity (Wildman–Crippen MR) is 142 cm³/mol. The Morgan fingerprint density at radius 3 is 2.35 bits per heavy atom. The largest absolute Gasteiger partial charge is 0.493 e. The minimum atomic E-state index is -1.02. The summed E-state index contributed by atoms with van der Waals surface area (Å²) in [5, 5.41) is 16.2. The standard InChI is InChI=1S/C24H31N7O5S/c1-13-21(22(32)33)37-24(27-13)30-23-28-18(11-19(29-23)31-7-5-15(25)6-8-31)26-12-14-9-16(34-2)20(36-4)17(10-14)35-3/h9-11,15H,5-8,12,25H2,1-4H3,(H,32,33)(H2,26,27,28,29,30). The predicted octanol–water partition coefficient (Wildman–Crippen LogP) is 3.25. The van der Waals surface area contributed by atoms with Crippen molar-refractivity contribution in [1.29, 1.82) is 0 Å². The van der Waals surface area contributed by atoms with Crippen LogP contribution in [-0.4, -0.2) is 66.5 Å². The molecule has 5 N–H and O–H groups in total. The van der Waals surface area contributed by atoms with E-state index in [1.54, 1.807) is 28.3 Å². The summed E-state index contributed by atoms with van der Waals surface area (Å²) in [4.78, 5) is 27.4. The Labute approximate surface area is 218 Å². The second-order valence-corrected chi connectivity index (χ2v) is 9.51. The molecule has 198 valence electrons. The minimum absolute atomic E-state index is 0.171. The number of carboxylic acid groups (broad SMARTS) is 1. The zero-order valence-electron chi connectivity index (χ0n) is 21.2. The molecule has 1 saturated heterocycles. The van der Waals surface area contributed by atoms with Crippen LogP contribution in [0.2, 0.25) is 0 Å². The molecule has 4 rings (SSSR count). The first-order valence-corrected chi connectivity index (χ1v) is 12.5. The maximum absolute atomic E-state index is 11.4. The van der Waals surface area contributed by atoms with Crippen LogP contribution in [0.5, 0.6) is 17.2 Å². The number of aryl methyl sites for hydroxylation is 1. The second-order valence-electron chi connectivity index (χ2n) is 8.51. The summed E-state index contributed by atoms with van der Waals surface area (Å²) in [7, 11) is 4.71. The fraction of sp³-hybridized carbons (Fsp3) is 0.417. The lowest BCUT2D eigenvalue weighted by Gasteiger charge is -2.31. The van der Waals surface area contributed by atoms with E-state index in [0.29, 0.717) is 46.4 Å². The molecule has 0 bridgehead atoms. The molecule has 0 amide bonds. The van der Waals surface area contributed by atoms with Crippen LogP contribution in [0, 0.1) is 6.92 Å². The number of nitrogens with two attached hydrogens (primary N) is 1. The van der Waals surface area contributed by atoms with E-state index < -0.39 is 5.97 Å². The number of carbonyl (C=O) groups is 1. The zero-order valence-corrected chi connectivity index (χ0v) is 22.0. The van der Waals surface area contributed by atoms with Crippen LogP contribution in [-0.2, 0) is 6.54 Å². The van der Waals surface area contributed by atoms with Crippen molar-refractivity contribution in [3.63, 3.8) is 0 Å². The van der Waals surface area contributed by atoms with Gasteiger partial charge in [0.1, 0.15) is 16.5 Å². The van der Waals surface area contributed by atoms with Crippen molar-refractivity contribution in [1.82, 2.24) is 15.0 Å². The van der Waals surface area contributed by atoms with Crippen molar-refractivity contribution in [3.05, 3.63) is 34.3 Å². The number of aromatic nitrogens is 3. The molecule has 0 spiro atoms. The SMILES string of the molecule is COc1cc(CNc2cc(N3CCC(N)CC3)nc(Nc3nc(C)c(C(=O)O)s3)n2)cc(OC)c1OC. The molecule has 12 nitrogen and oxygen atoms in total. The van der Waals surface area contributed by atoms with Crippen LogP contribution >= 0.6 is 11.3 Å². The third-order valence-corrected chi connectivity index (χ3v) is 7.04. The Bertz CT molecular complexity index is 1240. The molecule has 1 aliphatic heterocycles. The Balaban J connectivity index is 1.61. The van der Waals surface area contributed by atoms with Gasteiger partial charge in [-0.15, -0.1) is 0 Å². The first-order chi connectivity index (χ1) is 17.8. The van der Waals surface area contributed by atoms with Gasteiger partial charge in [-0.05, 0) is 37.5 Å². The van der Waals surface area contributed by atoms with Crippen LogP contribution in [0.15, 0.2) is 18.2 Å². The van der Waals surface area contributed by atoms with Crippen molar-refractivity contribution in [2.45, 2.75) is 32.4 Å². The number of nitrogens with one attached hydrogen (secondary N) is 2. The molecule has 0 atom stereocenters. The number of anilines is 4. The van der Waals surface area contributed by atoms with Crippen LogP contribution in [0.1, 0.15) is 33.8 Å². The first-order valence-electron chi connectivity index (χ1n) is 11.7. The van der Waals surface area contributed by atoms with Crippen LogP contribution < -0.4 is 35.5 Å². The van der Waals surface area contributed by atoms with Gasteiger partial charge in [-0.25, -0.2) is 9.78 Å². The number of hydrogen-bond donors (Lipinski definition) is 4. The highest BCUT2D eigenvalue weighted by Crippen LogP contribution is 2.38. The van der Waals surface area contributed by atoms with Crippen molar-refractivity contribution in [3.8, 4) is 17.2 Å². The summed E-state index contributed by atoms with van der Waals surface area (Å²) in [6.07, 6.45) is 1.74. The summed E-state index contributed by atoms with van der Waals surface area (Å²) in [5.74, 6) is 2.25. The van der Waals surface area contributed by atoms with Crippen LogP contribution in [0.3, 0.4) is 0 Å². The van der Waals surface area contributed by atoms with Gasteiger partial charge < -0.3 is 35.3 Å². The summed E-state index contributed by atoms with van der Waals surface area (Å²) >= 11 is 1.04. The number of ether oxygens (including phenoxy) is 3.